The highest BCUT2D eigenvalue weighted by Gasteiger charge is 2.17. The van der Waals surface area contributed by atoms with Gasteiger partial charge in [0.15, 0.2) is 12.4 Å². The van der Waals surface area contributed by atoms with Gasteiger partial charge in [-0.1, -0.05) is 18.2 Å². The molecule has 1 aliphatic heterocycles. The van der Waals surface area contributed by atoms with Gasteiger partial charge in [0.05, 0.1) is 24.8 Å². The van der Waals surface area contributed by atoms with E-state index in [-0.39, 0.29) is 18.3 Å². The maximum Gasteiger partial charge on any atom is 0.260 e. The predicted molar refractivity (Wildman–Crippen MR) is 104 cm³/mol. The minimum absolute atomic E-state index is 0.0393. The van der Waals surface area contributed by atoms with Gasteiger partial charge in [0.25, 0.3) is 5.91 Å². The monoisotopic (exact) mass is 376 g/mol. The van der Waals surface area contributed by atoms with Crippen LogP contribution in [0, 0.1) is 11.3 Å². The van der Waals surface area contributed by atoms with Gasteiger partial charge in [-0.05, 0) is 48.0 Å². The largest absolute Gasteiger partial charge is 0.484 e. The Bertz CT molecular complexity index is 907. The van der Waals surface area contributed by atoms with Gasteiger partial charge in [0, 0.05) is 18.7 Å². The molecule has 0 aliphatic carbocycles. The molecule has 3 rings (SSSR count). The molecule has 28 heavy (non-hydrogen) atoms. The van der Waals surface area contributed by atoms with Crippen LogP contribution in [0.15, 0.2) is 54.6 Å². The standard InChI is InChI=1S/C22H20N2O4/c23-15-18-3-1-2-17(14-18)4-9-21(25)19-5-7-20(8-6-19)28-16-22(26)24-10-12-27-13-11-24/h1-9,14H,10-13,16H2/b9-4+. The number of hydrogen-bond acceptors (Lipinski definition) is 5. The Morgan fingerprint density at radius 1 is 1.14 bits per heavy atom. The van der Waals surface area contributed by atoms with Crippen molar-refractivity contribution in [3.05, 3.63) is 71.3 Å². The number of amides is 1. The zero-order chi connectivity index (χ0) is 19.8. The number of ketones is 1. The summed E-state index contributed by atoms with van der Waals surface area (Å²) in [5.41, 5.74) is 1.84. The summed E-state index contributed by atoms with van der Waals surface area (Å²) in [5, 5.41) is 8.91. The van der Waals surface area contributed by atoms with Gasteiger partial charge in [-0.3, -0.25) is 9.59 Å². The molecule has 0 atom stereocenters. The quantitative estimate of drug-likeness (QED) is 0.572. The van der Waals surface area contributed by atoms with E-state index in [1.54, 1.807) is 53.4 Å². The van der Waals surface area contributed by atoms with Crippen molar-refractivity contribution in [1.82, 2.24) is 4.90 Å². The molecule has 1 saturated heterocycles. The highest BCUT2D eigenvalue weighted by atomic mass is 16.5. The first kappa shape index (κ1) is 19.3. The molecular formula is C22H20N2O4. The van der Waals surface area contributed by atoms with Crippen LogP contribution in [0.5, 0.6) is 5.75 Å². The molecule has 142 valence electrons. The van der Waals surface area contributed by atoms with E-state index in [1.807, 2.05) is 6.07 Å². The van der Waals surface area contributed by atoms with E-state index in [2.05, 4.69) is 6.07 Å². The molecule has 6 nitrogen and oxygen atoms in total. The first-order valence-electron chi connectivity index (χ1n) is 8.97. The Kier molecular flexibility index (Phi) is 6.55. The summed E-state index contributed by atoms with van der Waals surface area (Å²) in [6, 6.07) is 15.7. The van der Waals surface area contributed by atoms with Crippen LogP contribution < -0.4 is 4.74 Å². The van der Waals surface area contributed by atoms with Crippen LogP contribution in [0.25, 0.3) is 6.08 Å². The van der Waals surface area contributed by atoms with Gasteiger partial charge in [-0.15, -0.1) is 0 Å². The molecular weight excluding hydrogens is 356 g/mol. The van der Waals surface area contributed by atoms with Crippen molar-refractivity contribution in [2.75, 3.05) is 32.9 Å². The lowest BCUT2D eigenvalue weighted by Gasteiger charge is -2.26. The molecule has 1 amide bonds. The molecule has 0 saturated carbocycles. The smallest absolute Gasteiger partial charge is 0.260 e. The minimum Gasteiger partial charge on any atom is -0.484 e. The molecule has 2 aromatic carbocycles. The Balaban J connectivity index is 1.54. The molecule has 0 aromatic heterocycles. The number of carbonyl (C=O) groups excluding carboxylic acids is 2. The lowest BCUT2D eigenvalue weighted by Crippen LogP contribution is -2.42. The van der Waals surface area contributed by atoms with E-state index in [1.165, 1.54) is 6.08 Å². The van der Waals surface area contributed by atoms with Crippen LogP contribution in [0.4, 0.5) is 0 Å². The van der Waals surface area contributed by atoms with E-state index in [0.717, 1.165) is 5.56 Å². The van der Waals surface area contributed by atoms with Gasteiger partial charge in [0.1, 0.15) is 5.75 Å². The van der Waals surface area contributed by atoms with Gasteiger partial charge < -0.3 is 14.4 Å². The summed E-state index contributed by atoms with van der Waals surface area (Å²) in [6.45, 7) is 2.23. The second-order valence-electron chi connectivity index (χ2n) is 6.24. The fourth-order valence-corrected chi connectivity index (χ4v) is 2.74. The number of benzene rings is 2. The number of carbonyl (C=O) groups is 2. The first-order valence-corrected chi connectivity index (χ1v) is 8.97. The normalized spacial score (nSPS) is 13.9. The van der Waals surface area contributed by atoms with Crippen LogP contribution in [-0.2, 0) is 9.53 Å². The van der Waals surface area contributed by atoms with E-state index in [9.17, 15) is 9.59 Å². The molecule has 0 N–H and O–H groups in total. The van der Waals surface area contributed by atoms with E-state index in [0.29, 0.717) is 43.2 Å². The highest BCUT2D eigenvalue weighted by Crippen LogP contribution is 2.14. The van der Waals surface area contributed by atoms with Crippen molar-refractivity contribution >= 4 is 17.8 Å². The molecule has 0 bridgehead atoms. The van der Waals surface area contributed by atoms with E-state index < -0.39 is 0 Å². The van der Waals surface area contributed by atoms with Gasteiger partial charge in [-0.2, -0.15) is 5.26 Å². The SMILES string of the molecule is N#Cc1cccc(/C=C/C(=O)c2ccc(OCC(=O)N3CCOCC3)cc2)c1. The molecule has 2 aromatic rings. The van der Waals surface area contributed by atoms with Crippen molar-refractivity contribution in [2.45, 2.75) is 0 Å². The topological polar surface area (TPSA) is 79.6 Å². The molecule has 1 heterocycles. The average molecular weight is 376 g/mol. The molecule has 1 fully saturated rings. The summed E-state index contributed by atoms with van der Waals surface area (Å²) in [4.78, 5) is 26.1. The predicted octanol–water partition coefficient (Wildman–Crippen LogP) is 2.69. The van der Waals surface area contributed by atoms with Crippen molar-refractivity contribution in [1.29, 1.82) is 5.26 Å². The summed E-state index contributed by atoms with van der Waals surface area (Å²) in [7, 11) is 0. The number of allylic oxidation sites excluding steroid dienone is 1. The van der Waals surface area contributed by atoms with Crippen molar-refractivity contribution < 1.29 is 19.1 Å². The van der Waals surface area contributed by atoms with E-state index >= 15 is 0 Å². The van der Waals surface area contributed by atoms with Gasteiger partial charge in [0.2, 0.25) is 0 Å². The second-order valence-corrected chi connectivity index (χ2v) is 6.24. The summed E-state index contributed by atoms with van der Waals surface area (Å²) < 4.78 is 10.7. The summed E-state index contributed by atoms with van der Waals surface area (Å²) >= 11 is 0. The van der Waals surface area contributed by atoms with Crippen molar-refractivity contribution in [3.63, 3.8) is 0 Å². The zero-order valence-corrected chi connectivity index (χ0v) is 15.3. The van der Waals surface area contributed by atoms with Crippen LogP contribution in [0.3, 0.4) is 0 Å². The number of ether oxygens (including phenoxy) is 2. The molecule has 0 radical (unpaired) electrons. The lowest BCUT2D eigenvalue weighted by atomic mass is 10.1. The number of morpholine rings is 1. The Labute approximate surface area is 163 Å². The molecule has 0 spiro atoms. The number of rotatable bonds is 6. The third kappa shape index (κ3) is 5.29. The van der Waals surface area contributed by atoms with Crippen molar-refractivity contribution in [2.24, 2.45) is 0 Å². The second kappa shape index (κ2) is 9.49. The number of hydrogen-bond donors (Lipinski definition) is 0. The van der Waals surface area contributed by atoms with E-state index in [4.69, 9.17) is 14.7 Å². The summed E-state index contributed by atoms with van der Waals surface area (Å²) in [5.74, 6) is 0.299. The third-order valence-electron chi connectivity index (χ3n) is 4.31. The maximum absolute atomic E-state index is 12.3. The Morgan fingerprint density at radius 3 is 2.61 bits per heavy atom. The summed E-state index contributed by atoms with van der Waals surface area (Å²) in [6.07, 6.45) is 3.14. The van der Waals surface area contributed by atoms with Crippen LogP contribution in [0.1, 0.15) is 21.5 Å². The number of nitrogens with zero attached hydrogens (tertiary/aromatic N) is 2. The lowest BCUT2D eigenvalue weighted by molar-refractivity contribution is -0.137. The molecule has 6 heteroatoms. The Morgan fingerprint density at radius 2 is 1.89 bits per heavy atom. The van der Waals surface area contributed by atoms with Crippen molar-refractivity contribution in [3.8, 4) is 11.8 Å². The minimum atomic E-state index is -0.154. The molecule has 1 aliphatic rings. The van der Waals surface area contributed by atoms with Gasteiger partial charge >= 0.3 is 0 Å². The zero-order valence-electron chi connectivity index (χ0n) is 15.3. The number of nitriles is 1. The Hall–Kier alpha value is -3.43. The molecule has 0 unspecified atom stereocenters. The third-order valence-corrected chi connectivity index (χ3v) is 4.31. The van der Waals surface area contributed by atoms with Crippen LogP contribution in [0.2, 0.25) is 0 Å². The highest BCUT2D eigenvalue weighted by molar-refractivity contribution is 6.06. The maximum atomic E-state index is 12.3. The fourth-order valence-electron chi connectivity index (χ4n) is 2.74. The average Bonchev–Trinajstić information content (AvgIpc) is 2.77. The fraction of sp³-hybridized carbons (Fsp3) is 0.227. The first-order chi connectivity index (χ1) is 13.7. The van der Waals surface area contributed by atoms with Crippen LogP contribution >= 0.6 is 0 Å². The van der Waals surface area contributed by atoms with Crippen LogP contribution in [-0.4, -0.2) is 49.5 Å². The van der Waals surface area contributed by atoms with Gasteiger partial charge in [-0.25, -0.2) is 0 Å².